The second-order valence-electron chi connectivity index (χ2n) is 8.63. The molecule has 0 aliphatic heterocycles. The van der Waals surface area contributed by atoms with Crippen LogP contribution < -0.4 is 10.9 Å². The molecule has 36 heavy (non-hydrogen) atoms. The molecule has 0 bridgehead atoms. The lowest BCUT2D eigenvalue weighted by Crippen LogP contribution is -2.16. The molecule has 0 unspecified atom stereocenters. The molecule has 0 saturated heterocycles. The van der Waals surface area contributed by atoms with Crippen molar-refractivity contribution in [3.05, 3.63) is 105 Å². The zero-order chi connectivity index (χ0) is 24.6. The van der Waals surface area contributed by atoms with Crippen molar-refractivity contribution in [2.24, 2.45) is 0 Å². The van der Waals surface area contributed by atoms with E-state index in [0.29, 0.717) is 33.4 Å². The lowest BCUT2D eigenvalue weighted by atomic mass is 10.0. The average Bonchev–Trinajstić information content (AvgIpc) is 3.66. The summed E-state index contributed by atoms with van der Waals surface area (Å²) in [4.78, 5) is 42.7. The number of ether oxygens (including phenoxy) is 1. The Kier molecular flexibility index (Phi) is 5.54. The number of anilines is 1. The summed E-state index contributed by atoms with van der Waals surface area (Å²) in [5.41, 5.74) is 1.53. The van der Waals surface area contributed by atoms with Gasteiger partial charge in [0.1, 0.15) is 11.6 Å². The van der Waals surface area contributed by atoms with Crippen LogP contribution in [0.1, 0.15) is 50.2 Å². The highest BCUT2D eigenvalue weighted by atomic mass is 32.1. The first kappa shape index (κ1) is 22.1. The van der Waals surface area contributed by atoms with E-state index in [-0.39, 0.29) is 18.1 Å². The number of hydrogen-bond acceptors (Lipinski definition) is 7. The molecule has 1 amide bonds. The number of fused-ring (bicyclic) bond motifs is 2. The Balaban J connectivity index is 1.11. The lowest BCUT2D eigenvalue weighted by Gasteiger charge is -2.09. The van der Waals surface area contributed by atoms with E-state index in [1.165, 1.54) is 21.9 Å². The topological polar surface area (TPSA) is 103 Å². The van der Waals surface area contributed by atoms with Crippen LogP contribution >= 0.6 is 11.3 Å². The first-order chi connectivity index (χ1) is 17.5. The van der Waals surface area contributed by atoms with Crippen molar-refractivity contribution in [1.82, 2.24) is 14.6 Å². The van der Waals surface area contributed by atoms with Crippen LogP contribution in [0.2, 0.25) is 0 Å². The van der Waals surface area contributed by atoms with Crippen LogP contribution in [-0.4, -0.2) is 26.5 Å². The highest BCUT2D eigenvalue weighted by Crippen LogP contribution is 2.41. The summed E-state index contributed by atoms with van der Waals surface area (Å²) in [6.07, 6.45) is 2.18. The summed E-state index contributed by atoms with van der Waals surface area (Å²) in [7, 11) is 0. The number of aromatic nitrogens is 3. The van der Waals surface area contributed by atoms with Gasteiger partial charge >= 0.3 is 5.97 Å². The Bertz CT molecular complexity index is 1680. The third-order valence-corrected chi connectivity index (χ3v) is 7.08. The first-order valence-electron chi connectivity index (χ1n) is 11.5. The zero-order valence-electron chi connectivity index (χ0n) is 19.0. The Labute approximate surface area is 209 Å². The van der Waals surface area contributed by atoms with Crippen LogP contribution in [0.15, 0.2) is 77.6 Å². The molecule has 1 fully saturated rings. The maximum Gasteiger partial charge on any atom is 0.338 e. The van der Waals surface area contributed by atoms with Gasteiger partial charge in [0.15, 0.2) is 0 Å². The van der Waals surface area contributed by atoms with Crippen LogP contribution in [0.4, 0.5) is 5.69 Å². The lowest BCUT2D eigenvalue weighted by molar-refractivity contribution is 0.0467. The second kappa shape index (κ2) is 9.01. The van der Waals surface area contributed by atoms with Crippen molar-refractivity contribution in [3.8, 4) is 0 Å². The summed E-state index contributed by atoms with van der Waals surface area (Å²) in [6.45, 7) is -0.124. The third-order valence-electron chi connectivity index (χ3n) is 6.00. The van der Waals surface area contributed by atoms with E-state index in [9.17, 15) is 14.4 Å². The molecule has 0 atom stereocenters. The Morgan fingerprint density at radius 1 is 1.03 bits per heavy atom. The highest BCUT2D eigenvalue weighted by Gasteiger charge is 2.28. The molecule has 2 heterocycles. The highest BCUT2D eigenvalue weighted by molar-refractivity contribution is 7.16. The van der Waals surface area contributed by atoms with Gasteiger partial charge in [-0.1, -0.05) is 47.7 Å². The molecule has 0 radical (unpaired) electrons. The predicted molar refractivity (Wildman–Crippen MR) is 137 cm³/mol. The fraction of sp³-hybridized carbons (Fsp3) is 0.148. The molecule has 9 heteroatoms. The van der Waals surface area contributed by atoms with E-state index in [0.717, 1.165) is 28.6 Å². The van der Waals surface area contributed by atoms with Gasteiger partial charge in [-0.05, 0) is 53.9 Å². The van der Waals surface area contributed by atoms with Crippen molar-refractivity contribution >= 4 is 44.6 Å². The number of benzene rings is 3. The summed E-state index contributed by atoms with van der Waals surface area (Å²) >= 11 is 1.40. The Morgan fingerprint density at radius 3 is 2.61 bits per heavy atom. The van der Waals surface area contributed by atoms with Gasteiger partial charge in [-0.3, -0.25) is 9.59 Å². The molecule has 3 aromatic carbocycles. The number of rotatable bonds is 6. The molecular weight excluding hydrogens is 476 g/mol. The van der Waals surface area contributed by atoms with Gasteiger partial charge in [0.2, 0.25) is 4.96 Å². The van der Waals surface area contributed by atoms with Gasteiger partial charge in [-0.25, -0.2) is 9.78 Å². The number of nitrogens with zero attached hydrogens (tertiary/aromatic N) is 3. The van der Waals surface area contributed by atoms with Crippen molar-refractivity contribution in [3.63, 3.8) is 0 Å². The van der Waals surface area contributed by atoms with Crippen molar-refractivity contribution < 1.29 is 14.3 Å². The van der Waals surface area contributed by atoms with E-state index in [1.54, 1.807) is 30.3 Å². The van der Waals surface area contributed by atoms with Gasteiger partial charge < -0.3 is 10.1 Å². The van der Waals surface area contributed by atoms with Gasteiger partial charge in [-0.2, -0.15) is 9.61 Å². The van der Waals surface area contributed by atoms with Crippen molar-refractivity contribution in [2.75, 3.05) is 5.32 Å². The van der Waals surface area contributed by atoms with Gasteiger partial charge in [0.25, 0.3) is 11.5 Å². The summed E-state index contributed by atoms with van der Waals surface area (Å²) in [5.74, 6) is -0.355. The third kappa shape index (κ3) is 4.36. The normalized spacial score (nSPS) is 13.1. The minimum atomic E-state index is -0.549. The Morgan fingerprint density at radius 2 is 1.81 bits per heavy atom. The van der Waals surface area contributed by atoms with E-state index >= 15 is 0 Å². The van der Waals surface area contributed by atoms with Crippen LogP contribution in [0.3, 0.4) is 0 Å². The number of carbonyl (C=O) groups excluding carboxylic acids is 2. The fourth-order valence-electron chi connectivity index (χ4n) is 3.97. The van der Waals surface area contributed by atoms with Crippen LogP contribution in [0.5, 0.6) is 0 Å². The number of esters is 1. The van der Waals surface area contributed by atoms with Gasteiger partial charge in [-0.15, -0.1) is 0 Å². The fourth-order valence-corrected chi connectivity index (χ4v) is 5.07. The number of hydrogen-bond donors (Lipinski definition) is 1. The maximum absolute atomic E-state index is 12.8. The van der Waals surface area contributed by atoms with E-state index < -0.39 is 5.97 Å². The summed E-state index contributed by atoms with van der Waals surface area (Å²) in [5, 5.41) is 9.98. The molecule has 1 saturated carbocycles. The standard InChI is InChI=1S/C27H20N4O4S/c32-23-14-20(29-27-31(23)30-25(36-27)17-8-9-17)15-35-26(34)18-10-12-19(13-11-18)28-24(33)22-7-3-5-16-4-1-2-6-21(16)22/h1-7,10-14,17H,8-9,15H2,(H,28,33). The summed E-state index contributed by atoms with van der Waals surface area (Å²) < 4.78 is 6.67. The minimum absolute atomic E-state index is 0.124. The molecule has 178 valence electrons. The molecule has 1 aliphatic rings. The summed E-state index contributed by atoms with van der Waals surface area (Å²) in [6, 6.07) is 21.1. The predicted octanol–water partition coefficient (Wildman–Crippen LogP) is 4.79. The van der Waals surface area contributed by atoms with E-state index in [1.807, 2.05) is 36.4 Å². The quantitative estimate of drug-likeness (QED) is 0.339. The smallest absolute Gasteiger partial charge is 0.338 e. The van der Waals surface area contributed by atoms with Crippen LogP contribution in [0, 0.1) is 0 Å². The number of carbonyl (C=O) groups is 2. The first-order valence-corrected chi connectivity index (χ1v) is 12.3. The van der Waals surface area contributed by atoms with Gasteiger partial charge in [0.05, 0.1) is 11.3 Å². The Hall–Kier alpha value is -4.37. The molecular formula is C27H20N4O4S. The van der Waals surface area contributed by atoms with Crippen LogP contribution in [0.25, 0.3) is 15.7 Å². The van der Waals surface area contributed by atoms with Crippen molar-refractivity contribution in [1.29, 1.82) is 0 Å². The van der Waals surface area contributed by atoms with E-state index in [4.69, 9.17) is 4.74 Å². The zero-order valence-corrected chi connectivity index (χ0v) is 19.8. The SMILES string of the molecule is O=C(OCc1cc(=O)n2nc(C3CC3)sc2n1)c1ccc(NC(=O)c2cccc3ccccc23)cc1. The van der Waals surface area contributed by atoms with Gasteiger partial charge in [0, 0.05) is 23.2 Å². The molecule has 8 nitrogen and oxygen atoms in total. The second-order valence-corrected chi connectivity index (χ2v) is 9.62. The van der Waals surface area contributed by atoms with Crippen LogP contribution in [-0.2, 0) is 11.3 Å². The molecule has 5 aromatic rings. The van der Waals surface area contributed by atoms with E-state index in [2.05, 4.69) is 15.4 Å². The largest absolute Gasteiger partial charge is 0.456 e. The maximum atomic E-state index is 12.8. The molecule has 1 N–H and O–H groups in total. The number of nitrogens with one attached hydrogen (secondary N) is 1. The monoisotopic (exact) mass is 496 g/mol. The molecule has 0 spiro atoms. The molecule has 2 aromatic heterocycles. The van der Waals surface area contributed by atoms with Crippen molar-refractivity contribution in [2.45, 2.75) is 25.4 Å². The number of amides is 1. The molecule has 1 aliphatic carbocycles. The average molecular weight is 497 g/mol. The molecule has 6 rings (SSSR count). The minimum Gasteiger partial charge on any atom is -0.456 e.